The van der Waals surface area contributed by atoms with Crippen molar-refractivity contribution in [1.82, 2.24) is 0 Å². The Labute approximate surface area is 118 Å². The molecular formula is C17H18NS+. The Balaban J connectivity index is 2.09. The van der Waals surface area contributed by atoms with E-state index in [0.29, 0.717) is 5.92 Å². The van der Waals surface area contributed by atoms with E-state index in [9.17, 15) is 0 Å². The third-order valence-electron chi connectivity index (χ3n) is 3.44. The van der Waals surface area contributed by atoms with E-state index < -0.39 is 0 Å². The van der Waals surface area contributed by atoms with Gasteiger partial charge in [-0.05, 0) is 12.0 Å². The summed E-state index contributed by atoms with van der Waals surface area (Å²) in [6.45, 7) is 5.48. The minimum absolute atomic E-state index is 0.556. The lowest BCUT2D eigenvalue weighted by Crippen LogP contribution is -2.33. The number of thiazole rings is 1. The van der Waals surface area contributed by atoms with E-state index >= 15 is 0 Å². The summed E-state index contributed by atoms with van der Waals surface area (Å²) in [6, 6.07) is 17.3. The first kappa shape index (κ1) is 12.4. The molecular weight excluding hydrogens is 250 g/mol. The van der Waals surface area contributed by atoms with Gasteiger partial charge in [0.2, 0.25) is 11.0 Å². The maximum atomic E-state index is 2.38. The van der Waals surface area contributed by atoms with Gasteiger partial charge in [0.1, 0.15) is 4.70 Å². The fraction of sp³-hybridized carbons (Fsp3) is 0.235. The summed E-state index contributed by atoms with van der Waals surface area (Å²) in [4.78, 5) is 0. The Morgan fingerprint density at radius 1 is 1.00 bits per heavy atom. The predicted molar refractivity (Wildman–Crippen MR) is 81.7 cm³/mol. The summed E-state index contributed by atoms with van der Waals surface area (Å²) >= 11 is 1.83. The monoisotopic (exact) mass is 268 g/mol. The number of rotatable bonds is 3. The summed E-state index contributed by atoms with van der Waals surface area (Å²) in [7, 11) is 0. The fourth-order valence-electron chi connectivity index (χ4n) is 2.48. The molecule has 0 unspecified atom stereocenters. The largest absolute Gasteiger partial charge is 0.227 e. The first-order chi connectivity index (χ1) is 9.25. The maximum Gasteiger partial charge on any atom is 0.227 e. The van der Waals surface area contributed by atoms with Gasteiger partial charge in [-0.2, -0.15) is 4.57 Å². The van der Waals surface area contributed by atoms with Gasteiger partial charge in [0.05, 0.1) is 0 Å². The van der Waals surface area contributed by atoms with Crippen molar-refractivity contribution in [2.45, 2.75) is 26.3 Å². The fourth-order valence-corrected chi connectivity index (χ4v) is 3.40. The second kappa shape index (κ2) is 5.14. The highest BCUT2D eigenvalue weighted by atomic mass is 32.1. The van der Waals surface area contributed by atoms with E-state index in [-0.39, 0.29) is 0 Å². The summed E-state index contributed by atoms with van der Waals surface area (Å²) in [5, 5.41) is 0. The van der Waals surface area contributed by atoms with Crippen LogP contribution in [-0.4, -0.2) is 0 Å². The Kier molecular flexibility index (Phi) is 3.34. The lowest BCUT2D eigenvalue weighted by molar-refractivity contribution is -0.658. The number of hydrogen-bond acceptors (Lipinski definition) is 1. The second-order valence-corrected chi connectivity index (χ2v) is 6.07. The molecule has 0 atom stereocenters. The van der Waals surface area contributed by atoms with E-state index in [1.54, 1.807) is 0 Å². The van der Waals surface area contributed by atoms with Crippen molar-refractivity contribution < 1.29 is 4.57 Å². The van der Waals surface area contributed by atoms with Crippen LogP contribution >= 0.6 is 11.3 Å². The highest BCUT2D eigenvalue weighted by Crippen LogP contribution is 2.25. The molecule has 0 fully saturated rings. The molecule has 96 valence electrons. The topological polar surface area (TPSA) is 3.88 Å². The van der Waals surface area contributed by atoms with Crippen LogP contribution in [0.1, 0.15) is 30.9 Å². The van der Waals surface area contributed by atoms with Crippen molar-refractivity contribution in [2.75, 3.05) is 0 Å². The van der Waals surface area contributed by atoms with E-state index in [0.717, 1.165) is 6.54 Å². The molecule has 1 heterocycles. The minimum atomic E-state index is 0.556. The lowest BCUT2D eigenvalue weighted by atomic mass is 10.0. The number of nitrogens with zero attached hydrogens (tertiary/aromatic N) is 1. The quantitative estimate of drug-likeness (QED) is 0.621. The van der Waals surface area contributed by atoms with Crippen LogP contribution in [0.2, 0.25) is 0 Å². The molecule has 1 aromatic heterocycles. The molecule has 3 rings (SSSR count). The van der Waals surface area contributed by atoms with Gasteiger partial charge in [-0.1, -0.05) is 67.6 Å². The molecule has 19 heavy (non-hydrogen) atoms. The Morgan fingerprint density at radius 3 is 2.53 bits per heavy atom. The summed E-state index contributed by atoms with van der Waals surface area (Å²) < 4.78 is 3.76. The molecule has 0 spiro atoms. The molecule has 2 aromatic carbocycles. The molecule has 0 aliphatic rings. The van der Waals surface area contributed by atoms with Gasteiger partial charge in [0.25, 0.3) is 0 Å². The van der Waals surface area contributed by atoms with Crippen molar-refractivity contribution in [3.63, 3.8) is 0 Å². The highest BCUT2D eigenvalue weighted by Gasteiger charge is 2.18. The highest BCUT2D eigenvalue weighted by molar-refractivity contribution is 7.16. The van der Waals surface area contributed by atoms with Crippen LogP contribution in [0.25, 0.3) is 10.2 Å². The zero-order valence-electron chi connectivity index (χ0n) is 11.3. The van der Waals surface area contributed by atoms with Crippen LogP contribution in [-0.2, 0) is 6.54 Å². The zero-order chi connectivity index (χ0) is 13.2. The van der Waals surface area contributed by atoms with Gasteiger partial charge in [-0.3, -0.25) is 0 Å². The number of aromatic nitrogens is 1. The molecule has 3 aromatic rings. The van der Waals surface area contributed by atoms with Crippen molar-refractivity contribution in [3.05, 3.63) is 65.2 Å². The van der Waals surface area contributed by atoms with Gasteiger partial charge in [0, 0.05) is 11.1 Å². The van der Waals surface area contributed by atoms with Gasteiger partial charge >= 0.3 is 0 Å². The molecule has 0 aliphatic heterocycles. The van der Waals surface area contributed by atoms with Crippen LogP contribution in [0.4, 0.5) is 0 Å². The maximum absolute atomic E-state index is 2.38. The van der Waals surface area contributed by atoms with Gasteiger partial charge in [-0.25, -0.2) is 0 Å². The average molecular weight is 268 g/mol. The normalized spacial score (nSPS) is 11.3. The predicted octanol–water partition coefficient (Wildman–Crippen LogP) is 4.36. The molecule has 0 saturated heterocycles. The third-order valence-corrected chi connectivity index (χ3v) is 4.39. The van der Waals surface area contributed by atoms with Crippen molar-refractivity contribution in [3.8, 4) is 0 Å². The minimum Gasteiger partial charge on any atom is -0.184 e. The summed E-state index contributed by atoms with van der Waals surface area (Å²) in [6.07, 6.45) is 0. The number of hydrogen-bond donors (Lipinski definition) is 0. The number of para-hydroxylation sites is 1. The van der Waals surface area contributed by atoms with Crippen molar-refractivity contribution in [1.29, 1.82) is 0 Å². The van der Waals surface area contributed by atoms with Crippen LogP contribution in [0.5, 0.6) is 0 Å². The summed E-state index contributed by atoms with van der Waals surface area (Å²) in [5.74, 6) is 0.556. The second-order valence-electron chi connectivity index (χ2n) is 5.19. The van der Waals surface area contributed by atoms with Crippen LogP contribution in [0, 0.1) is 0 Å². The van der Waals surface area contributed by atoms with Crippen LogP contribution in [0.15, 0.2) is 54.0 Å². The molecule has 0 saturated carbocycles. The molecule has 0 bridgehead atoms. The van der Waals surface area contributed by atoms with Gasteiger partial charge in [-0.15, -0.1) is 0 Å². The van der Waals surface area contributed by atoms with Crippen LogP contribution < -0.4 is 4.57 Å². The van der Waals surface area contributed by atoms with Crippen LogP contribution in [0.3, 0.4) is 0 Å². The van der Waals surface area contributed by atoms with E-state index in [1.165, 1.54) is 21.3 Å². The Morgan fingerprint density at radius 2 is 1.79 bits per heavy atom. The first-order valence-corrected chi connectivity index (χ1v) is 7.57. The molecule has 2 heteroatoms. The summed E-state index contributed by atoms with van der Waals surface area (Å²) in [5.41, 5.74) is 6.43. The smallest absolute Gasteiger partial charge is 0.184 e. The van der Waals surface area contributed by atoms with Gasteiger partial charge in [0.15, 0.2) is 6.54 Å². The third kappa shape index (κ3) is 2.41. The standard InChI is InChI=1S/C17H18NS/c1-13(2)15-9-6-10-16-17(15)18(12-19-16)11-14-7-4-3-5-8-14/h3-10,12-13H,11H2,1-2H3/q+1. The van der Waals surface area contributed by atoms with Gasteiger partial charge < -0.3 is 0 Å². The molecule has 0 N–H and O–H groups in total. The molecule has 0 aliphatic carbocycles. The SMILES string of the molecule is CC(C)c1cccc2sc[n+](Cc3ccccc3)c12. The van der Waals surface area contributed by atoms with E-state index in [2.05, 4.69) is 72.5 Å². The van der Waals surface area contributed by atoms with E-state index in [4.69, 9.17) is 0 Å². The van der Waals surface area contributed by atoms with Crippen molar-refractivity contribution in [2.24, 2.45) is 0 Å². The molecule has 1 nitrogen and oxygen atoms in total. The first-order valence-electron chi connectivity index (χ1n) is 6.69. The van der Waals surface area contributed by atoms with Crippen molar-refractivity contribution >= 4 is 21.6 Å². The number of fused-ring (bicyclic) bond motifs is 1. The zero-order valence-corrected chi connectivity index (χ0v) is 12.2. The lowest BCUT2D eigenvalue weighted by Gasteiger charge is -2.05. The number of benzene rings is 2. The Hall–Kier alpha value is -1.67. The molecule has 0 amide bonds. The average Bonchev–Trinajstić information content (AvgIpc) is 2.83. The Bertz CT molecular complexity index is 683. The van der Waals surface area contributed by atoms with E-state index in [1.807, 2.05) is 11.3 Å². The molecule has 0 radical (unpaired) electrons.